The van der Waals surface area contributed by atoms with Crippen molar-refractivity contribution in [3.8, 4) is 5.75 Å². The zero-order valence-corrected chi connectivity index (χ0v) is 11.6. The highest BCUT2D eigenvalue weighted by Crippen LogP contribution is 2.24. The Bertz CT molecular complexity index is 445. The fourth-order valence-electron chi connectivity index (χ4n) is 2.11. The first-order valence-electron chi connectivity index (χ1n) is 6.18. The zero-order chi connectivity index (χ0) is 14.4. The molecule has 5 nitrogen and oxygen atoms in total. The molecule has 1 unspecified atom stereocenters. The normalized spacial score (nSPS) is 12.2. The maximum atomic E-state index is 10.4. The molecule has 106 valence electrons. The number of aliphatic hydroxyl groups is 1. The summed E-state index contributed by atoms with van der Waals surface area (Å²) in [5, 5.41) is 21.0. The van der Waals surface area contributed by atoms with E-state index in [2.05, 4.69) is 5.32 Å². The van der Waals surface area contributed by atoms with E-state index in [0.29, 0.717) is 6.54 Å². The molecule has 0 aliphatic carbocycles. The Morgan fingerprint density at radius 2 is 2.11 bits per heavy atom. The van der Waals surface area contributed by atoms with Crippen molar-refractivity contribution in [3.05, 3.63) is 28.8 Å². The lowest BCUT2D eigenvalue weighted by Crippen LogP contribution is -2.28. The average molecular weight is 267 g/mol. The van der Waals surface area contributed by atoms with Crippen LogP contribution < -0.4 is 10.1 Å². The van der Waals surface area contributed by atoms with Gasteiger partial charge in [0.15, 0.2) is 0 Å². The standard InChI is InChI=1S/C14H21NO4/c1-9-4-10(2)14(19-3)11(5-9)7-15-8-12(16)6-13(17)18/h4-5,12,15-16H,6-8H2,1-3H3,(H,17,18). The van der Waals surface area contributed by atoms with E-state index in [4.69, 9.17) is 9.84 Å². The molecule has 3 N–H and O–H groups in total. The lowest BCUT2D eigenvalue weighted by molar-refractivity contribution is -0.139. The molecule has 0 aliphatic heterocycles. The number of methoxy groups -OCH3 is 1. The van der Waals surface area contributed by atoms with Crippen LogP contribution in [-0.4, -0.2) is 35.9 Å². The molecule has 19 heavy (non-hydrogen) atoms. The number of ether oxygens (including phenoxy) is 1. The Balaban J connectivity index is 2.60. The van der Waals surface area contributed by atoms with Crippen molar-refractivity contribution < 1.29 is 19.7 Å². The number of aliphatic carboxylic acids is 1. The van der Waals surface area contributed by atoms with Gasteiger partial charge in [0.1, 0.15) is 5.75 Å². The lowest BCUT2D eigenvalue weighted by Gasteiger charge is -2.14. The highest BCUT2D eigenvalue weighted by atomic mass is 16.5. The minimum absolute atomic E-state index is 0.239. The van der Waals surface area contributed by atoms with Gasteiger partial charge in [-0.25, -0.2) is 0 Å². The molecule has 0 fully saturated rings. The molecule has 0 amide bonds. The van der Waals surface area contributed by atoms with E-state index in [-0.39, 0.29) is 13.0 Å². The maximum absolute atomic E-state index is 10.4. The molecule has 0 spiro atoms. The third kappa shape index (κ3) is 4.89. The van der Waals surface area contributed by atoms with Gasteiger partial charge < -0.3 is 20.3 Å². The van der Waals surface area contributed by atoms with E-state index >= 15 is 0 Å². The van der Waals surface area contributed by atoms with Crippen LogP contribution in [0.15, 0.2) is 12.1 Å². The van der Waals surface area contributed by atoms with Gasteiger partial charge in [-0.05, 0) is 19.4 Å². The Labute approximate surface area is 113 Å². The van der Waals surface area contributed by atoms with Gasteiger partial charge >= 0.3 is 5.97 Å². The van der Waals surface area contributed by atoms with Crippen LogP contribution in [0.2, 0.25) is 0 Å². The van der Waals surface area contributed by atoms with Crippen LogP contribution >= 0.6 is 0 Å². The van der Waals surface area contributed by atoms with Crippen molar-refractivity contribution in [1.82, 2.24) is 5.32 Å². The Morgan fingerprint density at radius 1 is 1.42 bits per heavy atom. The number of hydrogen-bond donors (Lipinski definition) is 3. The smallest absolute Gasteiger partial charge is 0.306 e. The van der Waals surface area contributed by atoms with Crippen molar-refractivity contribution in [3.63, 3.8) is 0 Å². The second kappa shape index (κ2) is 7.11. The number of rotatable bonds is 7. The van der Waals surface area contributed by atoms with Gasteiger partial charge in [0, 0.05) is 18.7 Å². The van der Waals surface area contributed by atoms with Gasteiger partial charge in [0.2, 0.25) is 0 Å². The average Bonchev–Trinajstić information content (AvgIpc) is 2.27. The topological polar surface area (TPSA) is 78.8 Å². The van der Waals surface area contributed by atoms with Gasteiger partial charge in [0.25, 0.3) is 0 Å². The quantitative estimate of drug-likeness (QED) is 0.692. The molecule has 0 radical (unpaired) electrons. The molecule has 1 aromatic rings. The Morgan fingerprint density at radius 3 is 2.68 bits per heavy atom. The molecule has 1 rings (SSSR count). The third-order valence-electron chi connectivity index (χ3n) is 2.81. The molecule has 0 aromatic heterocycles. The predicted octanol–water partition coefficient (Wildman–Crippen LogP) is 1.24. The van der Waals surface area contributed by atoms with E-state index in [1.54, 1.807) is 7.11 Å². The van der Waals surface area contributed by atoms with Crippen LogP contribution in [0, 0.1) is 13.8 Å². The molecule has 1 atom stereocenters. The number of carboxylic acid groups (broad SMARTS) is 1. The number of aliphatic hydroxyl groups excluding tert-OH is 1. The van der Waals surface area contributed by atoms with Crippen molar-refractivity contribution in [2.24, 2.45) is 0 Å². The number of aryl methyl sites for hydroxylation is 2. The minimum Gasteiger partial charge on any atom is -0.496 e. The maximum Gasteiger partial charge on any atom is 0.306 e. The van der Waals surface area contributed by atoms with E-state index in [1.807, 2.05) is 26.0 Å². The van der Waals surface area contributed by atoms with Crippen molar-refractivity contribution in [1.29, 1.82) is 0 Å². The molecule has 5 heteroatoms. The molecule has 0 bridgehead atoms. The predicted molar refractivity (Wildman–Crippen MR) is 72.4 cm³/mol. The number of carbonyl (C=O) groups is 1. The van der Waals surface area contributed by atoms with E-state index in [0.717, 1.165) is 22.4 Å². The number of benzene rings is 1. The van der Waals surface area contributed by atoms with Crippen molar-refractivity contribution >= 4 is 5.97 Å². The fourth-order valence-corrected chi connectivity index (χ4v) is 2.11. The first-order chi connectivity index (χ1) is 8.93. The SMILES string of the molecule is COc1c(C)cc(C)cc1CNCC(O)CC(=O)O. The minimum atomic E-state index is -1.00. The van der Waals surface area contributed by atoms with Crippen molar-refractivity contribution in [2.45, 2.75) is 32.9 Å². The highest BCUT2D eigenvalue weighted by molar-refractivity contribution is 5.67. The highest BCUT2D eigenvalue weighted by Gasteiger charge is 2.11. The molecular formula is C14H21NO4. The van der Waals surface area contributed by atoms with Gasteiger partial charge in [-0.15, -0.1) is 0 Å². The Hall–Kier alpha value is -1.59. The fraction of sp³-hybridized carbons (Fsp3) is 0.500. The molecule has 0 aliphatic rings. The summed E-state index contributed by atoms with van der Waals surface area (Å²) in [5.74, 6) is -0.177. The van der Waals surface area contributed by atoms with E-state index < -0.39 is 12.1 Å². The molecule has 1 aromatic carbocycles. The van der Waals surface area contributed by atoms with Crippen LogP contribution in [0.5, 0.6) is 5.75 Å². The second-order valence-corrected chi connectivity index (χ2v) is 4.66. The van der Waals surface area contributed by atoms with Gasteiger partial charge in [0.05, 0.1) is 19.6 Å². The van der Waals surface area contributed by atoms with Crippen molar-refractivity contribution in [2.75, 3.05) is 13.7 Å². The van der Waals surface area contributed by atoms with Gasteiger partial charge in [-0.1, -0.05) is 17.7 Å². The summed E-state index contributed by atoms with van der Waals surface area (Å²) in [6, 6.07) is 4.06. The number of hydrogen-bond acceptors (Lipinski definition) is 4. The summed E-state index contributed by atoms with van der Waals surface area (Å²) in [4.78, 5) is 10.4. The zero-order valence-electron chi connectivity index (χ0n) is 11.6. The summed E-state index contributed by atoms with van der Waals surface area (Å²) in [7, 11) is 1.63. The Kier molecular flexibility index (Phi) is 5.79. The summed E-state index contributed by atoms with van der Waals surface area (Å²) in [5.41, 5.74) is 3.20. The van der Waals surface area contributed by atoms with Gasteiger partial charge in [-0.2, -0.15) is 0 Å². The molecule has 0 heterocycles. The van der Waals surface area contributed by atoms with E-state index in [1.165, 1.54) is 0 Å². The second-order valence-electron chi connectivity index (χ2n) is 4.66. The first-order valence-corrected chi connectivity index (χ1v) is 6.18. The summed E-state index contributed by atoms with van der Waals surface area (Å²) < 4.78 is 5.36. The van der Waals surface area contributed by atoms with Crippen LogP contribution in [-0.2, 0) is 11.3 Å². The monoisotopic (exact) mass is 267 g/mol. The van der Waals surface area contributed by atoms with Gasteiger partial charge in [-0.3, -0.25) is 4.79 Å². The molecule has 0 saturated heterocycles. The summed E-state index contributed by atoms with van der Waals surface area (Å²) >= 11 is 0. The molecular weight excluding hydrogens is 246 g/mol. The largest absolute Gasteiger partial charge is 0.496 e. The number of carboxylic acids is 1. The van der Waals surface area contributed by atoms with Crippen LogP contribution in [0.25, 0.3) is 0 Å². The summed E-state index contributed by atoms with van der Waals surface area (Å²) in [6.07, 6.45) is -1.13. The van der Waals surface area contributed by atoms with Crippen LogP contribution in [0.1, 0.15) is 23.1 Å². The van der Waals surface area contributed by atoms with Crippen LogP contribution in [0.3, 0.4) is 0 Å². The third-order valence-corrected chi connectivity index (χ3v) is 2.81. The first kappa shape index (κ1) is 15.5. The summed E-state index contributed by atoms with van der Waals surface area (Å²) in [6.45, 7) is 4.76. The lowest BCUT2D eigenvalue weighted by atomic mass is 10.1. The number of nitrogens with one attached hydrogen (secondary N) is 1. The molecule has 0 saturated carbocycles. The van der Waals surface area contributed by atoms with Crippen LogP contribution in [0.4, 0.5) is 0 Å². The van der Waals surface area contributed by atoms with E-state index in [9.17, 15) is 9.90 Å².